The standard InChI is InChI=1S/C24H29N7O2/c1-23-9-10-24(2,30-23)13-16(12-23)31(3)20-8-7-18(28-29-20)17-6-5-15(11-19(17)32)21-25-14-26-22(27-21)33-4/h5-8,11,14,16,30,32H,9-10,12-13H2,1-4H3/t16?,23-,24+. The lowest BCUT2D eigenvalue weighted by atomic mass is 9.84. The second kappa shape index (κ2) is 7.91. The molecule has 2 bridgehead atoms. The number of fused-ring (bicyclic) bond motifs is 2. The Morgan fingerprint density at radius 1 is 1.06 bits per heavy atom. The van der Waals surface area contributed by atoms with Crippen molar-refractivity contribution in [3.63, 3.8) is 0 Å². The first kappa shape index (κ1) is 21.5. The van der Waals surface area contributed by atoms with E-state index in [0.29, 0.717) is 28.7 Å². The molecule has 9 heteroatoms. The highest BCUT2D eigenvalue weighted by atomic mass is 16.5. The molecule has 4 heterocycles. The Kier molecular flexibility index (Phi) is 5.16. The highest BCUT2D eigenvalue weighted by Crippen LogP contribution is 2.43. The van der Waals surface area contributed by atoms with Crippen LogP contribution in [-0.4, -0.2) is 61.5 Å². The molecule has 2 aromatic heterocycles. The number of hydrogen-bond donors (Lipinski definition) is 2. The third-order valence-electron chi connectivity index (χ3n) is 7.03. The molecular weight excluding hydrogens is 418 g/mol. The van der Waals surface area contributed by atoms with E-state index in [1.54, 1.807) is 12.1 Å². The molecule has 0 saturated carbocycles. The molecule has 3 aromatic rings. The van der Waals surface area contributed by atoms with Gasteiger partial charge >= 0.3 is 6.01 Å². The molecule has 0 aliphatic carbocycles. The smallest absolute Gasteiger partial charge is 0.319 e. The van der Waals surface area contributed by atoms with E-state index in [9.17, 15) is 5.11 Å². The molecule has 2 saturated heterocycles. The Hall–Kier alpha value is -3.33. The van der Waals surface area contributed by atoms with Crippen molar-refractivity contribution >= 4 is 5.82 Å². The fourth-order valence-corrected chi connectivity index (χ4v) is 5.35. The van der Waals surface area contributed by atoms with E-state index in [0.717, 1.165) is 18.7 Å². The summed E-state index contributed by atoms with van der Waals surface area (Å²) in [6.45, 7) is 4.65. The summed E-state index contributed by atoms with van der Waals surface area (Å²) in [5.74, 6) is 1.34. The average Bonchev–Trinajstić information content (AvgIpc) is 3.05. The number of methoxy groups -OCH3 is 1. The zero-order valence-corrected chi connectivity index (χ0v) is 19.4. The number of aromatic nitrogens is 5. The molecule has 2 aliphatic rings. The predicted molar refractivity (Wildman–Crippen MR) is 125 cm³/mol. The van der Waals surface area contributed by atoms with Gasteiger partial charge in [-0.3, -0.25) is 0 Å². The van der Waals surface area contributed by atoms with Gasteiger partial charge in [-0.25, -0.2) is 4.98 Å². The van der Waals surface area contributed by atoms with Crippen molar-refractivity contribution in [1.82, 2.24) is 30.5 Å². The highest BCUT2D eigenvalue weighted by Gasteiger charge is 2.49. The van der Waals surface area contributed by atoms with Gasteiger partial charge in [0, 0.05) is 35.3 Å². The maximum atomic E-state index is 10.6. The van der Waals surface area contributed by atoms with Gasteiger partial charge in [-0.05, 0) is 63.8 Å². The van der Waals surface area contributed by atoms with Gasteiger partial charge in [-0.1, -0.05) is 6.07 Å². The molecule has 1 aromatic carbocycles. The zero-order valence-electron chi connectivity index (χ0n) is 19.4. The quantitative estimate of drug-likeness (QED) is 0.609. The van der Waals surface area contributed by atoms with Crippen molar-refractivity contribution in [3.8, 4) is 34.4 Å². The van der Waals surface area contributed by atoms with Crippen molar-refractivity contribution in [2.75, 3.05) is 19.1 Å². The van der Waals surface area contributed by atoms with E-state index in [1.807, 2.05) is 18.2 Å². The molecule has 33 heavy (non-hydrogen) atoms. The molecule has 0 amide bonds. The lowest BCUT2D eigenvalue weighted by Crippen LogP contribution is -2.58. The summed E-state index contributed by atoms with van der Waals surface area (Å²) in [4.78, 5) is 14.5. The molecule has 0 spiro atoms. The van der Waals surface area contributed by atoms with Crippen molar-refractivity contribution in [3.05, 3.63) is 36.7 Å². The summed E-state index contributed by atoms with van der Waals surface area (Å²) in [5, 5.41) is 23.4. The number of ether oxygens (including phenoxy) is 1. The Morgan fingerprint density at radius 2 is 1.82 bits per heavy atom. The number of nitrogens with one attached hydrogen (secondary N) is 1. The molecule has 2 aliphatic heterocycles. The van der Waals surface area contributed by atoms with E-state index >= 15 is 0 Å². The molecule has 2 fully saturated rings. The number of piperidine rings is 1. The third kappa shape index (κ3) is 4.08. The molecule has 5 rings (SSSR count). The van der Waals surface area contributed by atoms with Crippen molar-refractivity contribution in [1.29, 1.82) is 0 Å². The fourth-order valence-electron chi connectivity index (χ4n) is 5.35. The summed E-state index contributed by atoms with van der Waals surface area (Å²) in [6, 6.07) is 9.74. The maximum Gasteiger partial charge on any atom is 0.319 e. The second-order valence-electron chi connectivity index (χ2n) is 9.72. The van der Waals surface area contributed by atoms with Gasteiger partial charge in [0.1, 0.15) is 12.1 Å². The SMILES string of the molecule is COc1ncnc(-c2ccc(-c3ccc(N(C)C4C[C@]5(C)CC[C@](C)(C4)N5)nn3)c(O)c2)n1. The second-order valence-corrected chi connectivity index (χ2v) is 9.72. The summed E-state index contributed by atoms with van der Waals surface area (Å²) in [7, 11) is 3.59. The topological polar surface area (TPSA) is 109 Å². The Morgan fingerprint density at radius 3 is 2.45 bits per heavy atom. The van der Waals surface area contributed by atoms with Crippen LogP contribution in [0.5, 0.6) is 11.8 Å². The largest absolute Gasteiger partial charge is 0.507 e. The first-order valence-electron chi connectivity index (χ1n) is 11.2. The first-order chi connectivity index (χ1) is 15.8. The molecule has 9 nitrogen and oxygen atoms in total. The third-order valence-corrected chi connectivity index (χ3v) is 7.03. The van der Waals surface area contributed by atoms with E-state index in [2.05, 4.69) is 56.3 Å². The van der Waals surface area contributed by atoms with Crippen LogP contribution in [-0.2, 0) is 0 Å². The monoisotopic (exact) mass is 447 g/mol. The van der Waals surface area contributed by atoms with Gasteiger partial charge < -0.3 is 20.1 Å². The summed E-state index contributed by atoms with van der Waals surface area (Å²) in [6.07, 6.45) is 5.98. The minimum Gasteiger partial charge on any atom is -0.507 e. The number of nitrogens with zero attached hydrogens (tertiary/aromatic N) is 6. The van der Waals surface area contributed by atoms with E-state index < -0.39 is 0 Å². The Bertz CT molecular complexity index is 1150. The number of benzene rings is 1. The summed E-state index contributed by atoms with van der Waals surface area (Å²) >= 11 is 0. The van der Waals surface area contributed by atoms with Crippen LogP contribution < -0.4 is 15.0 Å². The van der Waals surface area contributed by atoms with Crippen LogP contribution in [0.15, 0.2) is 36.7 Å². The minimum absolute atomic E-state index is 0.0815. The van der Waals surface area contributed by atoms with Gasteiger partial charge in [0.2, 0.25) is 0 Å². The average molecular weight is 448 g/mol. The predicted octanol–water partition coefficient (Wildman–Crippen LogP) is 3.21. The fraction of sp³-hybridized carbons (Fsp3) is 0.458. The van der Waals surface area contributed by atoms with E-state index in [4.69, 9.17) is 4.74 Å². The lowest BCUT2D eigenvalue weighted by Gasteiger charge is -2.45. The minimum atomic E-state index is 0.0815. The number of hydrogen-bond acceptors (Lipinski definition) is 9. The lowest BCUT2D eigenvalue weighted by molar-refractivity contribution is 0.207. The zero-order chi connectivity index (χ0) is 23.2. The van der Waals surface area contributed by atoms with Crippen LogP contribution in [0.2, 0.25) is 0 Å². The van der Waals surface area contributed by atoms with Crippen molar-refractivity contribution in [2.24, 2.45) is 0 Å². The molecule has 3 atom stereocenters. The van der Waals surface area contributed by atoms with Crippen LogP contribution in [0.25, 0.3) is 22.6 Å². The number of phenols is 1. The Balaban J connectivity index is 1.35. The van der Waals surface area contributed by atoms with Crippen LogP contribution in [0.1, 0.15) is 39.5 Å². The summed E-state index contributed by atoms with van der Waals surface area (Å²) in [5.41, 5.74) is 2.24. The normalized spacial score (nSPS) is 26.2. The van der Waals surface area contributed by atoms with Gasteiger partial charge in [0.25, 0.3) is 0 Å². The van der Waals surface area contributed by atoms with Crippen molar-refractivity contribution in [2.45, 2.75) is 56.7 Å². The van der Waals surface area contributed by atoms with Gasteiger partial charge in [-0.15, -0.1) is 10.2 Å². The highest BCUT2D eigenvalue weighted by molar-refractivity contribution is 5.72. The van der Waals surface area contributed by atoms with Crippen LogP contribution in [0.3, 0.4) is 0 Å². The maximum absolute atomic E-state index is 10.6. The molecule has 2 N–H and O–H groups in total. The number of rotatable bonds is 5. The van der Waals surface area contributed by atoms with Gasteiger partial charge in [-0.2, -0.15) is 9.97 Å². The molecule has 0 radical (unpaired) electrons. The molecule has 172 valence electrons. The number of anilines is 1. The molecular formula is C24H29N7O2. The molecule has 1 unspecified atom stereocenters. The van der Waals surface area contributed by atoms with E-state index in [-0.39, 0.29) is 22.8 Å². The van der Waals surface area contributed by atoms with E-state index in [1.165, 1.54) is 26.3 Å². The summed E-state index contributed by atoms with van der Waals surface area (Å²) < 4.78 is 5.05. The number of phenolic OH excluding ortho intramolecular Hbond substituents is 1. The van der Waals surface area contributed by atoms with Crippen LogP contribution in [0, 0.1) is 0 Å². The first-order valence-corrected chi connectivity index (χ1v) is 11.2. The number of aromatic hydroxyl groups is 1. The van der Waals surface area contributed by atoms with Gasteiger partial charge in [0.05, 0.1) is 12.8 Å². The van der Waals surface area contributed by atoms with Crippen LogP contribution >= 0.6 is 0 Å². The van der Waals surface area contributed by atoms with Crippen molar-refractivity contribution < 1.29 is 9.84 Å². The van der Waals surface area contributed by atoms with Gasteiger partial charge in [0.15, 0.2) is 11.6 Å². The Labute approximate surface area is 193 Å². The van der Waals surface area contributed by atoms with Crippen LogP contribution in [0.4, 0.5) is 5.82 Å².